The second kappa shape index (κ2) is 4.94. The quantitative estimate of drug-likeness (QED) is 0.478. The van der Waals surface area contributed by atoms with Crippen molar-refractivity contribution in [1.82, 2.24) is 0 Å². The van der Waals surface area contributed by atoms with Gasteiger partial charge in [-0.2, -0.15) is 0 Å². The number of halogens is 2. The van der Waals surface area contributed by atoms with E-state index in [2.05, 4.69) is 15.9 Å². The van der Waals surface area contributed by atoms with Crippen LogP contribution in [0.4, 0.5) is 4.39 Å². The highest BCUT2D eigenvalue weighted by molar-refractivity contribution is 9.10. The van der Waals surface area contributed by atoms with Crippen LogP contribution in [0.3, 0.4) is 0 Å². The van der Waals surface area contributed by atoms with Crippen LogP contribution in [0.15, 0.2) is 23.1 Å². The fourth-order valence-electron chi connectivity index (χ4n) is 1.05. The topological polar surface area (TPSA) is 17.1 Å². The minimum absolute atomic E-state index is 0.100. The van der Waals surface area contributed by atoms with Gasteiger partial charge in [0.2, 0.25) is 0 Å². The number of Topliss-reactive ketones (excluding diaryl/α,β-unsaturated/α-hetero) is 1. The van der Waals surface area contributed by atoms with Gasteiger partial charge in [0.15, 0.2) is 5.78 Å². The van der Waals surface area contributed by atoms with E-state index in [1.807, 2.05) is 0 Å². The number of hydrogen-bond donors (Lipinski definition) is 0. The van der Waals surface area contributed by atoms with Gasteiger partial charge in [-0.3, -0.25) is 4.79 Å². The van der Waals surface area contributed by atoms with E-state index >= 15 is 0 Å². The molecule has 76 valence electrons. The van der Waals surface area contributed by atoms with Crippen LogP contribution in [0, 0.1) is 5.82 Å². The smallest absolute Gasteiger partial charge is 0.176 e. The van der Waals surface area contributed by atoms with E-state index in [1.54, 1.807) is 25.3 Å². The summed E-state index contributed by atoms with van der Waals surface area (Å²) >= 11 is 4.49. The fourth-order valence-corrected chi connectivity index (χ4v) is 1.77. The first-order valence-electron chi connectivity index (χ1n) is 4.08. The van der Waals surface area contributed by atoms with Crippen molar-refractivity contribution in [2.24, 2.45) is 0 Å². The second-order valence-electron chi connectivity index (χ2n) is 2.83. The number of carbonyl (C=O) groups excluding carboxylic acids is 1. The van der Waals surface area contributed by atoms with Crippen LogP contribution in [0.1, 0.15) is 17.3 Å². The molecule has 1 unspecified atom stereocenters. The Hall–Kier alpha value is -0.350. The molecular weight excluding hydrogens is 267 g/mol. The van der Waals surface area contributed by atoms with Crippen molar-refractivity contribution in [2.45, 2.75) is 16.6 Å². The molecule has 0 bridgehead atoms. The lowest BCUT2D eigenvalue weighted by molar-refractivity contribution is 0.0995. The largest absolute Gasteiger partial charge is 0.293 e. The molecule has 0 aliphatic carbocycles. The van der Waals surface area contributed by atoms with Crippen molar-refractivity contribution in [2.75, 3.05) is 6.26 Å². The van der Waals surface area contributed by atoms with Crippen molar-refractivity contribution in [3.63, 3.8) is 0 Å². The molecule has 1 rings (SSSR count). The summed E-state index contributed by atoms with van der Waals surface area (Å²) in [7, 11) is 0. The lowest BCUT2D eigenvalue weighted by Crippen LogP contribution is -2.10. The van der Waals surface area contributed by atoms with Crippen molar-refractivity contribution in [3.8, 4) is 0 Å². The van der Waals surface area contributed by atoms with Crippen LogP contribution in [0.2, 0.25) is 0 Å². The van der Waals surface area contributed by atoms with Gasteiger partial charge < -0.3 is 0 Å². The summed E-state index contributed by atoms with van der Waals surface area (Å²) in [6.07, 6.45) is 1.80. The monoisotopic (exact) mass is 276 g/mol. The Balaban J connectivity index is 3.03. The molecule has 0 saturated carbocycles. The third-order valence-electron chi connectivity index (χ3n) is 1.80. The van der Waals surface area contributed by atoms with E-state index in [4.69, 9.17) is 0 Å². The standard InChI is InChI=1S/C10H10BrFOS/c1-6(11)10(13)7-3-4-9(14-2)8(12)5-7/h3-6H,1-2H3. The SMILES string of the molecule is CSc1ccc(C(=O)C(C)Br)cc1F. The Labute approximate surface area is 95.2 Å². The van der Waals surface area contributed by atoms with Crippen LogP contribution in [0.25, 0.3) is 0 Å². The van der Waals surface area contributed by atoms with Gasteiger partial charge in [-0.25, -0.2) is 4.39 Å². The van der Waals surface area contributed by atoms with Gasteiger partial charge in [0.25, 0.3) is 0 Å². The molecular formula is C10H10BrFOS. The predicted octanol–water partition coefficient (Wildman–Crippen LogP) is 3.51. The molecule has 1 nitrogen and oxygen atoms in total. The second-order valence-corrected chi connectivity index (χ2v) is 5.05. The van der Waals surface area contributed by atoms with Gasteiger partial charge in [-0.1, -0.05) is 22.0 Å². The zero-order valence-corrected chi connectivity index (χ0v) is 10.3. The number of carbonyl (C=O) groups is 1. The molecule has 0 radical (unpaired) electrons. The highest BCUT2D eigenvalue weighted by atomic mass is 79.9. The number of thioether (sulfide) groups is 1. The molecule has 1 aromatic carbocycles. The zero-order chi connectivity index (χ0) is 10.7. The van der Waals surface area contributed by atoms with Gasteiger partial charge in [0, 0.05) is 10.5 Å². The molecule has 0 aliphatic rings. The van der Waals surface area contributed by atoms with E-state index in [0.29, 0.717) is 10.5 Å². The maximum absolute atomic E-state index is 13.3. The lowest BCUT2D eigenvalue weighted by atomic mass is 10.1. The first-order valence-corrected chi connectivity index (χ1v) is 6.22. The molecule has 14 heavy (non-hydrogen) atoms. The number of alkyl halides is 1. The summed E-state index contributed by atoms with van der Waals surface area (Å²) < 4.78 is 13.3. The Morgan fingerprint density at radius 2 is 2.21 bits per heavy atom. The Kier molecular flexibility index (Phi) is 4.13. The van der Waals surface area contributed by atoms with Gasteiger partial charge >= 0.3 is 0 Å². The molecule has 1 aromatic rings. The summed E-state index contributed by atoms with van der Waals surface area (Å²) in [6.45, 7) is 1.72. The first kappa shape index (κ1) is 11.7. The number of benzene rings is 1. The Morgan fingerprint density at radius 3 is 2.64 bits per heavy atom. The zero-order valence-electron chi connectivity index (χ0n) is 7.88. The van der Waals surface area contributed by atoms with Gasteiger partial charge in [0.05, 0.1) is 4.83 Å². The number of rotatable bonds is 3. The average molecular weight is 277 g/mol. The molecule has 0 saturated heterocycles. The van der Waals surface area contributed by atoms with Crippen LogP contribution in [0.5, 0.6) is 0 Å². The van der Waals surface area contributed by atoms with Crippen molar-refractivity contribution >= 4 is 33.5 Å². The predicted molar refractivity (Wildman–Crippen MR) is 60.9 cm³/mol. The average Bonchev–Trinajstić information content (AvgIpc) is 2.16. The van der Waals surface area contributed by atoms with Crippen molar-refractivity contribution < 1.29 is 9.18 Å². The van der Waals surface area contributed by atoms with E-state index in [9.17, 15) is 9.18 Å². The first-order chi connectivity index (χ1) is 6.56. The van der Waals surface area contributed by atoms with Crippen LogP contribution in [-0.2, 0) is 0 Å². The molecule has 1 atom stereocenters. The fraction of sp³-hybridized carbons (Fsp3) is 0.300. The third-order valence-corrected chi connectivity index (χ3v) is 2.98. The van der Waals surface area contributed by atoms with Gasteiger partial charge in [0.1, 0.15) is 5.82 Å². The van der Waals surface area contributed by atoms with E-state index in [0.717, 1.165) is 0 Å². The maximum Gasteiger partial charge on any atom is 0.176 e. The van der Waals surface area contributed by atoms with E-state index in [-0.39, 0.29) is 16.4 Å². The minimum atomic E-state index is -0.337. The highest BCUT2D eigenvalue weighted by Gasteiger charge is 2.13. The van der Waals surface area contributed by atoms with Crippen molar-refractivity contribution in [1.29, 1.82) is 0 Å². The molecule has 0 amide bonds. The van der Waals surface area contributed by atoms with Crippen molar-refractivity contribution in [3.05, 3.63) is 29.6 Å². The molecule has 0 N–H and O–H groups in total. The van der Waals surface area contributed by atoms with Crippen LogP contribution >= 0.6 is 27.7 Å². The lowest BCUT2D eigenvalue weighted by Gasteiger charge is -2.04. The van der Waals surface area contributed by atoms with E-state index < -0.39 is 0 Å². The molecule has 4 heteroatoms. The van der Waals surface area contributed by atoms with Gasteiger partial charge in [-0.05, 0) is 25.3 Å². The minimum Gasteiger partial charge on any atom is -0.293 e. The summed E-state index contributed by atoms with van der Waals surface area (Å²) in [5.41, 5.74) is 0.407. The number of hydrogen-bond acceptors (Lipinski definition) is 2. The summed E-state index contributed by atoms with van der Waals surface area (Å²) in [5.74, 6) is -0.437. The van der Waals surface area contributed by atoms with E-state index in [1.165, 1.54) is 17.8 Å². The normalized spacial score (nSPS) is 12.6. The van der Waals surface area contributed by atoms with Crippen LogP contribution < -0.4 is 0 Å². The molecule has 0 spiro atoms. The molecule has 0 aliphatic heterocycles. The maximum atomic E-state index is 13.3. The summed E-state index contributed by atoms with van der Waals surface area (Å²) in [5, 5.41) is 0. The Bertz CT molecular complexity index is 352. The molecule has 0 heterocycles. The summed E-state index contributed by atoms with van der Waals surface area (Å²) in [6, 6.07) is 4.56. The Morgan fingerprint density at radius 1 is 1.57 bits per heavy atom. The number of ketones is 1. The highest BCUT2D eigenvalue weighted by Crippen LogP contribution is 2.21. The van der Waals surface area contributed by atoms with Crippen LogP contribution in [-0.4, -0.2) is 16.9 Å². The molecule has 0 aromatic heterocycles. The summed E-state index contributed by atoms with van der Waals surface area (Å²) in [4.78, 5) is 11.8. The molecule has 0 fully saturated rings. The third kappa shape index (κ3) is 2.58. The van der Waals surface area contributed by atoms with Gasteiger partial charge in [-0.15, -0.1) is 11.8 Å².